The summed E-state index contributed by atoms with van der Waals surface area (Å²) in [6.45, 7) is 0. The van der Waals surface area contributed by atoms with Crippen LogP contribution in [0, 0.1) is 0 Å². The summed E-state index contributed by atoms with van der Waals surface area (Å²) in [4.78, 5) is 11.6. The second-order valence-electron chi connectivity index (χ2n) is 5.02. The minimum Gasteiger partial charge on any atom is -0.289 e. The van der Waals surface area contributed by atoms with Crippen molar-refractivity contribution in [2.75, 3.05) is 5.43 Å². The normalized spacial score (nSPS) is 14.3. The molecular formula is C20H16N2O. The van der Waals surface area contributed by atoms with Gasteiger partial charge in [-0.15, -0.1) is 0 Å². The van der Waals surface area contributed by atoms with Gasteiger partial charge in [0.2, 0.25) is 0 Å². The molecule has 1 N–H and O–H groups in total. The number of carbonyl (C=O) groups excluding carboxylic acids is 1. The van der Waals surface area contributed by atoms with Crippen molar-refractivity contribution < 1.29 is 4.79 Å². The number of carbonyl (C=O) groups is 1. The number of anilines is 1. The molecule has 2 aromatic carbocycles. The van der Waals surface area contributed by atoms with Crippen LogP contribution in [-0.2, 0) is 4.79 Å². The topological polar surface area (TPSA) is 41.5 Å². The number of benzene rings is 2. The van der Waals surface area contributed by atoms with Crippen molar-refractivity contribution in [1.29, 1.82) is 0 Å². The zero-order chi connectivity index (χ0) is 15.9. The Morgan fingerprint density at radius 2 is 1.65 bits per heavy atom. The fourth-order valence-corrected chi connectivity index (χ4v) is 2.17. The Morgan fingerprint density at radius 3 is 2.30 bits per heavy atom. The van der Waals surface area contributed by atoms with Crippen LogP contribution in [0.4, 0.5) is 5.69 Å². The fraction of sp³-hybridized carbons (Fsp3) is 0. The van der Waals surface area contributed by atoms with Gasteiger partial charge in [0.1, 0.15) is 0 Å². The van der Waals surface area contributed by atoms with Crippen LogP contribution in [-0.4, -0.2) is 11.5 Å². The van der Waals surface area contributed by atoms with Crippen molar-refractivity contribution in [2.24, 2.45) is 5.10 Å². The molecule has 0 spiro atoms. The minimum atomic E-state index is 0.0182. The average Bonchev–Trinajstić information content (AvgIpc) is 3.02. The summed E-state index contributed by atoms with van der Waals surface area (Å²) in [5, 5.41) is 4.47. The average molecular weight is 300 g/mol. The van der Waals surface area contributed by atoms with Crippen molar-refractivity contribution in [3.63, 3.8) is 0 Å². The van der Waals surface area contributed by atoms with E-state index in [0.29, 0.717) is 5.57 Å². The van der Waals surface area contributed by atoms with E-state index in [1.165, 1.54) is 0 Å². The van der Waals surface area contributed by atoms with Crippen LogP contribution in [0.25, 0.3) is 0 Å². The molecule has 0 amide bonds. The van der Waals surface area contributed by atoms with Crippen molar-refractivity contribution >= 4 is 17.2 Å². The number of nitrogens with zero attached hydrogens (tertiary/aromatic N) is 1. The molecule has 23 heavy (non-hydrogen) atoms. The van der Waals surface area contributed by atoms with E-state index in [9.17, 15) is 4.79 Å². The van der Waals surface area contributed by atoms with Crippen molar-refractivity contribution in [3.05, 3.63) is 102 Å². The quantitative estimate of drug-likeness (QED) is 0.666. The molecule has 0 saturated heterocycles. The summed E-state index contributed by atoms with van der Waals surface area (Å²) in [6, 6.07) is 19.6. The largest absolute Gasteiger partial charge is 0.289 e. The molecule has 1 aliphatic carbocycles. The molecule has 0 unspecified atom stereocenters. The Bertz CT molecular complexity index is 800. The van der Waals surface area contributed by atoms with Crippen LogP contribution in [0.2, 0.25) is 0 Å². The Labute approximate surface area is 135 Å². The zero-order valence-electron chi connectivity index (χ0n) is 12.5. The number of nitrogens with one attached hydrogen (secondary N) is 1. The van der Waals surface area contributed by atoms with Gasteiger partial charge in [0, 0.05) is 11.1 Å². The van der Waals surface area contributed by atoms with E-state index in [1.807, 2.05) is 66.7 Å². The Morgan fingerprint density at radius 1 is 0.957 bits per heavy atom. The zero-order valence-corrected chi connectivity index (χ0v) is 12.5. The second kappa shape index (κ2) is 7.18. The third-order valence-electron chi connectivity index (χ3n) is 3.38. The van der Waals surface area contributed by atoms with Gasteiger partial charge in [0.05, 0.1) is 11.4 Å². The standard InChI is InChI=1S/C20H16N2O/c23-20-13-7-10-17(20)14-15-19(16-8-3-1-4-9-16)22-21-18-11-5-2-6-12-18/h1-15,21H. The Balaban J connectivity index is 1.85. The summed E-state index contributed by atoms with van der Waals surface area (Å²) >= 11 is 0. The minimum absolute atomic E-state index is 0.0182. The van der Waals surface area contributed by atoms with Crippen LogP contribution in [0.15, 0.2) is 102 Å². The molecule has 0 aromatic heterocycles. The van der Waals surface area contributed by atoms with Crippen molar-refractivity contribution in [3.8, 4) is 0 Å². The van der Waals surface area contributed by atoms with E-state index in [1.54, 1.807) is 24.3 Å². The molecular weight excluding hydrogens is 284 g/mol. The summed E-state index contributed by atoms with van der Waals surface area (Å²) in [6.07, 6.45) is 8.75. The molecule has 3 heteroatoms. The highest BCUT2D eigenvalue weighted by molar-refractivity contribution is 6.13. The second-order valence-corrected chi connectivity index (χ2v) is 5.02. The van der Waals surface area contributed by atoms with Gasteiger partial charge in [0.25, 0.3) is 0 Å². The van der Waals surface area contributed by atoms with Gasteiger partial charge in [-0.05, 0) is 30.4 Å². The van der Waals surface area contributed by atoms with Crippen LogP contribution >= 0.6 is 0 Å². The summed E-state index contributed by atoms with van der Waals surface area (Å²) in [5.74, 6) is 0.0182. The maximum atomic E-state index is 11.6. The SMILES string of the molecule is O=C1C=CC=C1C=CC(=NNc1ccccc1)c1ccccc1. The van der Waals surface area contributed by atoms with E-state index in [4.69, 9.17) is 0 Å². The highest BCUT2D eigenvalue weighted by Gasteiger charge is 2.07. The first-order valence-electron chi connectivity index (χ1n) is 7.38. The third kappa shape index (κ3) is 3.92. The van der Waals surface area contributed by atoms with E-state index in [-0.39, 0.29) is 5.78 Å². The lowest BCUT2D eigenvalue weighted by atomic mass is 10.1. The highest BCUT2D eigenvalue weighted by atomic mass is 16.1. The number of para-hydroxylation sites is 1. The number of hydrogen-bond donors (Lipinski definition) is 1. The number of allylic oxidation sites excluding steroid dienone is 6. The predicted molar refractivity (Wildman–Crippen MR) is 94.4 cm³/mol. The number of ketones is 1. The molecule has 0 atom stereocenters. The number of hydrazone groups is 1. The molecule has 2 aromatic rings. The molecule has 0 heterocycles. The van der Waals surface area contributed by atoms with Gasteiger partial charge in [-0.25, -0.2) is 0 Å². The molecule has 3 nitrogen and oxygen atoms in total. The van der Waals surface area contributed by atoms with Gasteiger partial charge in [0.15, 0.2) is 5.78 Å². The summed E-state index contributed by atoms with van der Waals surface area (Å²) in [7, 11) is 0. The predicted octanol–water partition coefficient (Wildman–Crippen LogP) is 4.12. The van der Waals surface area contributed by atoms with E-state index in [2.05, 4.69) is 10.5 Å². The maximum absolute atomic E-state index is 11.6. The molecule has 0 radical (unpaired) electrons. The van der Waals surface area contributed by atoms with Crippen molar-refractivity contribution in [1.82, 2.24) is 0 Å². The van der Waals surface area contributed by atoms with E-state index >= 15 is 0 Å². The lowest BCUT2D eigenvalue weighted by molar-refractivity contribution is -0.110. The van der Waals surface area contributed by atoms with Gasteiger partial charge in [-0.2, -0.15) is 5.10 Å². The molecule has 0 fully saturated rings. The van der Waals surface area contributed by atoms with E-state index in [0.717, 1.165) is 17.0 Å². The lowest BCUT2D eigenvalue weighted by Crippen LogP contribution is -2.02. The van der Waals surface area contributed by atoms with Crippen LogP contribution in [0.3, 0.4) is 0 Å². The molecule has 1 aliphatic rings. The molecule has 0 saturated carbocycles. The lowest BCUT2D eigenvalue weighted by Gasteiger charge is -2.04. The first kappa shape index (κ1) is 14.7. The first-order valence-corrected chi connectivity index (χ1v) is 7.38. The monoisotopic (exact) mass is 300 g/mol. The number of rotatable bonds is 5. The van der Waals surface area contributed by atoms with Crippen LogP contribution in [0.1, 0.15) is 5.56 Å². The molecule has 112 valence electrons. The van der Waals surface area contributed by atoms with Crippen LogP contribution < -0.4 is 5.43 Å². The highest BCUT2D eigenvalue weighted by Crippen LogP contribution is 2.11. The van der Waals surface area contributed by atoms with Crippen LogP contribution in [0.5, 0.6) is 0 Å². The molecule has 0 bridgehead atoms. The summed E-state index contributed by atoms with van der Waals surface area (Å²) in [5.41, 5.74) is 6.35. The number of hydrogen-bond acceptors (Lipinski definition) is 3. The molecule has 3 rings (SSSR count). The Kier molecular flexibility index (Phi) is 4.60. The first-order chi connectivity index (χ1) is 11.3. The van der Waals surface area contributed by atoms with Gasteiger partial charge >= 0.3 is 0 Å². The Hall–Kier alpha value is -3.20. The van der Waals surface area contributed by atoms with Gasteiger partial charge < -0.3 is 0 Å². The third-order valence-corrected chi connectivity index (χ3v) is 3.38. The van der Waals surface area contributed by atoms with Crippen molar-refractivity contribution in [2.45, 2.75) is 0 Å². The maximum Gasteiger partial charge on any atom is 0.185 e. The fourth-order valence-electron chi connectivity index (χ4n) is 2.17. The van der Waals surface area contributed by atoms with Gasteiger partial charge in [-0.3, -0.25) is 10.2 Å². The molecule has 0 aliphatic heterocycles. The van der Waals surface area contributed by atoms with Gasteiger partial charge in [-0.1, -0.05) is 60.7 Å². The summed E-state index contributed by atoms with van der Waals surface area (Å²) < 4.78 is 0. The smallest absolute Gasteiger partial charge is 0.185 e. The van der Waals surface area contributed by atoms with E-state index < -0.39 is 0 Å².